The lowest BCUT2D eigenvalue weighted by Crippen LogP contribution is -2.46. The van der Waals surface area contributed by atoms with Crippen LogP contribution in [0.25, 0.3) is 21.7 Å². The van der Waals surface area contributed by atoms with Gasteiger partial charge in [-0.05, 0) is 96.3 Å². The number of aromatic nitrogens is 2. The number of hydrogen-bond donors (Lipinski definition) is 8. The fourth-order valence-electron chi connectivity index (χ4n) is 10.7. The van der Waals surface area contributed by atoms with Gasteiger partial charge in [0.15, 0.2) is 5.78 Å². The number of aromatic hydroxyl groups is 1. The number of ether oxygens (including phenoxy) is 5. The Hall–Kier alpha value is -10.2. The number of primary amides is 1. The molecule has 29 heteroatoms. The number of ketones is 1. The summed E-state index contributed by atoms with van der Waals surface area (Å²) >= 11 is 6.65. The quantitative estimate of drug-likeness (QED) is 0.0124. The number of carbonyl (C=O) groups is 10. The minimum atomic E-state index is -1.04. The maximum Gasteiger partial charge on any atom is 0.415 e. The Bertz CT molecular complexity index is 3810. The second-order valence-corrected chi connectivity index (χ2v) is 23.2. The highest BCUT2D eigenvalue weighted by Crippen LogP contribution is 2.47. The zero-order valence-electron chi connectivity index (χ0n) is 52.9. The van der Waals surface area contributed by atoms with Gasteiger partial charge in [0.1, 0.15) is 36.2 Å². The van der Waals surface area contributed by atoms with Crippen LogP contribution in [0.2, 0.25) is 0 Å². The summed E-state index contributed by atoms with van der Waals surface area (Å²) in [5, 5.41) is 31.6. The number of aliphatic hydroxyl groups excluding tert-OH is 1. The third-order valence-corrected chi connectivity index (χ3v) is 16.1. The molecular weight excluding hydrogens is 1250 g/mol. The summed E-state index contributed by atoms with van der Waals surface area (Å²) < 4.78 is 28.0. The maximum absolute atomic E-state index is 14.6. The van der Waals surface area contributed by atoms with Gasteiger partial charge in [0.05, 0.1) is 63.0 Å². The van der Waals surface area contributed by atoms with E-state index in [1.54, 1.807) is 61.2 Å². The van der Waals surface area contributed by atoms with Crippen molar-refractivity contribution in [1.82, 2.24) is 35.3 Å². The van der Waals surface area contributed by atoms with E-state index in [9.17, 15) is 58.2 Å². The summed E-state index contributed by atoms with van der Waals surface area (Å²) in [6.45, 7) is 4.95. The number of imide groups is 1. The Labute approximate surface area is 551 Å². The number of carbonyl (C=O) groups excluding carboxylic acids is 10. The molecule has 2 aromatic heterocycles. The normalized spacial score (nSPS) is 13.9. The Morgan fingerprint density at radius 2 is 1.59 bits per heavy atom. The van der Waals surface area contributed by atoms with Crippen molar-refractivity contribution in [3.05, 3.63) is 131 Å². The van der Waals surface area contributed by atoms with Gasteiger partial charge in [-0.2, -0.15) is 0 Å². The first kappa shape index (κ1) is 70.7. The number of alkyl carbamates (subject to hydrolysis) is 1. The number of alkyl halides is 1. The third kappa shape index (κ3) is 19.0. The molecule has 0 unspecified atom stereocenters. The van der Waals surface area contributed by atoms with Crippen molar-refractivity contribution >= 4 is 110 Å². The van der Waals surface area contributed by atoms with Crippen molar-refractivity contribution in [2.24, 2.45) is 17.6 Å². The molecule has 28 nitrogen and oxygen atoms in total. The number of phenolic OH excluding ortho intramolecular Hbond substituents is 1. The Morgan fingerprint density at radius 3 is 2.29 bits per heavy atom. The summed E-state index contributed by atoms with van der Waals surface area (Å²) in [5.41, 5.74) is 9.31. The molecule has 95 heavy (non-hydrogen) atoms. The number of hydrogen-bond acceptors (Lipinski definition) is 18. The van der Waals surface area contributed by atoms with E-state index in [1.165, 1.54) is 47.3 Å². The number of nitrogens with two attached hydrogens (primary N) is 1. The number of nitrogens with one attached hydrogen (secondary N) is 5. The molecule has 0 saturated heterocycles. The fraction of sp³-hybridized carbons (Fsp3) is 0.379. The predicted octanol–water partition coefficient (Wildman–Crippen LogP) is 6.70. The molecular formula is C66H76ClN11O17. The zero-order chi connectivity index (χ0) is 68.3. The van der Waals surface area contributed by atoms with E-state index < -0.39 is 77.5 Å². The molecule has 0 fully saturated rings. The molecule has 0 spiro atoms. The van der Waals surface area contributed by atoms with Crippen molar-refractivity contribution in [3.8, 4) is 11.5 Å². The van der Waals surface area contributed by atoms with Gasteiger partial charge in [0.25, 0.3) is 23.6 Å². The van der Waals surface area contributed by atoms with Crippen LogP contribution >= 0.6 is 11.6 Å². The molecule has 10 amide bonds. The van der Waals surface area contributed by atoms with Gasteiger partial charge in [-0.25, -0.2) is 24.2 Å². The molecule has 4 heterocycles. The molecule has 0 radical (unpaired) electrons. The number of anilines is 3. The number of amides is 10. The van der Waals surface area contributed by atoms with Gasteiger partial charge >= 0.3 is 24.3 Å². The fourth-order valence-corrected chi connectivity index (χ4v) is 11.0. The van der Waals surface area contributed by atoms with Crippen molar-refractivity contribution < 1.29 is 81.8 Å². The number of aryl methyl sites for hydroxylation is 1. The van der Waals surface area contributed by atoms with Gasteiger partial charge in [0.2, 0.25) is 5.91 Å². The highest BCUT2D eigenvalue weighted by atomic mass is 35.5. The predicted molar refractivity (Wildman–Crippen MR) is 349 cm³/mol. The number of rotatable bonds is 32. The Kier molecular flexibility index (Phi) is 25.0. The Morgan fingerprint density at radius 1 is 0.853 bits per heavy atom. The molecule has 8 rings (SSSR count). The smallest absolute Gasteiger partial charge is 0.415 e. The first-order valence-corrected chi connectivity index (χ1v) is 31.2. The van der Waals surface area contributed by atoms with Gasteiger partial charge in [-0.15, -0.1) is 11.6 Å². The first-order chi connectivity index (χ1) is 45.6. The van der Waals surface area contributed by atoms with Crippen LogP contribution in [0.5, 0.6) is 11.5 Å². The lowest BCUT2D eigenvalue weighted by molar-refractivity contribution is -0.137. The van der Waals surface area contributed by atoms with Crippen LogP contribution in [0.15, 0.2) is 103 Å². The number of aromatic amines is 1. The molecule has 0 aliphatic carbocycles. The zero-order valence-corrected chi connectivity index (χ0v) is 53.6. The molecule has 0 bridgehead atoms. The lowest BCUT2D eigenvalue weighted by atomic mass is 9.89. The number of H-pyrrole nitrogens is 1. The highest BCUT2D eigenvalue weighted by Gasteiger charge is 2.37. The monoisotopic (exact) mass is 1330 g/mol. The summed E-state index contributed by atoms with van der Waals surface area (Å²) in [6.07, 6.45) is 1.54. The van der Waals surface area contributed by atoms with Crippen LogP contribution in [0.4, 0.5) is 36.4 Å². The van der Waals surface area contributed by atoms with Gasteiger partial charge < -0.3 is 80.6 Å². The van der Waals surface area contributed by atoms with Gasteiger partial charge in [-0.1, -0.05) is 44.2 Å². The standard InChI is InChI=1S/C66H76ClN11O17/c1-39(2)59(74-64(88)93-30-29-92-27-24-77-55(82)18-19-56(77)83)52(81)32-43(8-6-20-69-63(68)87)61(85)71-46-14-10-41(11-15-46)38-94-65(89)75(4)21-22-76(23-26-91-28-25-79)66(90)95-53-34-51-58(57-40(3)7-5-9-48(53)57)45(35-67)37-78(51)62(86)49-31-44-33-54(70-36-50(44)72-49)73-60(84)42-12-16-47(80)17-13-42/h5,7,9-19,31,33-34,36,39,43,45,59,72,79-80H,6,8,20-30,32,35,37-38H2,1-4H3,(H,71,85)(H,74,88)(H3,68,69,87)(H,70,73,84)/t43-,45-,59+/m1/s1. The number of fused-ring (bicyclic) bond motifs is 4. The summed E-state index contributed by atoms with van der Waals surface area (Å²) in [4.78, 5) is 143. The first-order valence-electron chi connectivity index (χ1n) is 30.7. The van der Waals surface area contributed by atoms with Crippen molar-refractivity contribution in [3.63, 3.8) is 0 Å². The van der Waals surface area contributed by atoms with Crippen molar-refractivity contribution in [1.29, 1.82) is 0 Å². The number of Topliss-reactive ketones (excluding diaryl/α,β-unsaturated/α-hetero) is 1. The molecule has 3 atom stereocenters. The summed E-state index contributed by atoms with van der Waals surface area (Å²) in [5.74, 6) is -3.79. The molecule has 0 saturated carbocycles. The second-order valence-electron chi connectivity index (χ2n) is 22.8. The highest BCUT2D eigenvalue weighted by molar-refractivity contribution is 6.20. The van der Waals surface area contributed by atoms with Crippen LogP contribution in [-0.4, -0.2) is 192 Å². The number of likely N-dealkylation sites (N-methyl/N-ethyl adjacent to an activating group) is 1. The molecule has 6 aromatic rings. The average Bonchev–Trinajstić information content (AvgIpc) is 1.45. The third-order valence-electron chi connectivity index (χ3n) is 15.7. The van der Waals surface area contributed by atoms with Crippen LogP contribution in [0.1, 0.15) is 76.6 Å². The van der Waals surface area contributed by atoms with E-state index in [2.05, 4.69) is 31.2 Å². The van der Waals surface area contributed by atoms with E-state index in [1.807, 2.05) is 25.1 Å². The summed E-state index contributed by atoms with van der Waals surface area (Å²) in [7, 11) is 1.49. The molecule has 504 valence electrons. The van der Waals surface area contributed by atoms with E-state index in [0.29, 0.717) is 38.8 Å². The number of aliphatic hydroxyl groups is 1. The number of urea groups is 1. The van der Waals surface area contributed by atoms with E-state index >= 15 is 0 Å². The molecule has 2 aliphatic heterocycles. The topological polar surface area (TPSA) is 373 Å². The van der Waals surface area contributed by atoms with Crippen LogP contribution in [0.3, 0.4) is 0 Å². The van der Waals surface area contributed by atoms with Crippen LogP contribution in [0, 0.1) is 18.8 Å². The van der Waals surface area contributed by atoms with E-state index in [-0.39, 0.29) is 140 Å². The van der Waals surface area contributed by atoms with Crippen molar-refractivity contribution in [2.45, 2.75) is 58.6 Å². The number of halogens is 1. The number of phenols is 1. The number of pyridine rings is 1. The lowest BCUT2D eigenvalue weighted by Gasteiger charge is -2.26. The maximum atomic E-state index is 14.6. The average molecular weight is 1330 g/mol. The van der Waals surface area contributed by atoms with Crippen molar-refractivity contribution in [2.75, 3.05) is 107 Å². The van der Waals surface area contributed by atoms with E-state index in [4.69, 9.17) is 41.0 Å². The summed E-state index contributed by atoms with van der Waals surface area (Å²) in [6, 6.07) is 20.8. The van der Waals surface area contributed by atoms with Gasteiger partial charge in [0, 0.05) is 104 Å². The van der Waals surface area contributed by atoms with E-state index in [0.717, 1.165) is 33.6 Å². The SMILES string of the molecule is Cc1cccc2c(OC(=O)N(CCOCCO)CCN(C)C(=O)OCc3ccc(NC(=O)[C@H](CCCNC(N)=O)CC(=O)[C@@H](NC(=O)OCCOCCN4C(=O)C=CC4=O)C(C)C)cc3)cc3c(c12)[C@H](CCl)CN3C(=O)c1cc2cc(NC(=O)c3ccc(O)cc3)ncc2[nH]1. The minimum Gasteiger partial charge on any atom is -0.508 e. The van der Waals surface area contributed by atoms with Gasteiger partial charge in [-0.3, -0.25) is 33.7 Å². The molecule has 9 N–H and O–H groups in total. The minimum absolute atomic E-state index is 0.00334. The van der Waals surface area contributed by atoms with Crippen LogP contribution in [-0.2, 0) is 44.7 Å². The number of nitrogens with zero attached hydrogens (tertiary/aromatic N) is 5. The Balaban J connectivity index is 0.868. The second kappa shape index (κ2) is 33.6. The molecule has 2 aliphatic rings. The largest absolute Gasteiger partial charge is 0.508 e. The molecule has 4 aromatic carbocycles. The number of benzene rings is 4. The van der Waals surface area contributed by atoms with Crippen LogP contribution < -0.4 is 36.6 Å².